The lowest BCUT2D eigenvalue weighted by Crippen LogP contribution is -2.44. The number of piperidine rings is 1. The van der Waals surface area contributed by atoms with Gasteiger partial charge in [-0.15, -0.1) is 11.3 Å². The number of thiophene rings is 1. The van der Waals surface area contributed by atoms with Crippen LogP contribution < -0.4 is 0 Å². The van der Waals surface area contributed by atoms with Gasteiger partial charge < -0.3 is 4.90 Å². The molecule has 1 amide bonds. The second kappa shape index (κ2) is 6.14. The smallest absolute Gasteiger partial charge is 0.294 e. The van der Waals surface area contributed by atoms with E-state index >= 15 is 0 Å². The molecule has 1 aromatic heterocycles. The summed E-state index contributed by atoms with van der Waals surface area (Å²) in [7, 11) is 0. The van der Waals surface area contributed by atoms with Crippen LogP contribution in [0.25, 0.3) is 6.08 Å². The molecule has 3 nitrogen and oxygen atoms in total. The van der Waals surface area contributed by atoms with Crippen molar-refractivity contribution < 1.29 is 9.59 Å². The summed E-state index contributed by atoms with van der Waals surface area (Å²) in [6.07, 6.45) is 10.6. The standard InChI is InChI=1S/C17H21NO2S/c19-15(6-5-14-4-3-13-21-14)16(20)18-11-9-17(10-12-18)7-1-2-8-17/h3-6,13H,1-2,7-12H2/b6-5+. The number of nitrogens with zero attached hydrogens (tertiary/aromatic N) is 1. The van der Waals surface area contributed by atoms with E-state index in [0.717, 1.165) is 30.8 Å². The molecular formula is C17H21NO2S. The molecule has 0 N–H and O–H groups in total. The number of rotatable bonds is 3. The molecule has 1 spiro atoms. The molecule has 4 heteroatoms. The molecule has 3 rings (SSSR count). The summed E-state index contributed by atoms with van der Waals surface area (Å²) in [5.74, 6) is -0.735. The van der Waals surface area contributed by atoms with Gasteiger partial charge in [0, 0.05) is 18.0 Å². The molecule has 1 aromatic rings. The van der Waals surface area contributed by atoms with Gasteiger partial charge in [0.1, 0.15) is 0 Å². The van der Waals surface area contributed by atoms with E-state index in [1.54, 1.807) is 22.3 Å². The third kappa shape index (κ3) is 3.26. The molecule has 1 saturated heterocycles. The van der Waals surface area contributed by atoms with Gasteiger partial charge in [0.05, 0.1) is 0 Å². The Kier molecular flexibility index (Phi) is 4.24. The van der Waals surface area contributed by atoms with Gasteiger partial charge in [-0.25, -0.2) is 0 Å². The predicted octanol–water partition coefficient (Wildman–Crippen LogP) is 3.51. The maximum Gasteiger partial charge on any atom is 0.294 e. The molecule has 2 heterocycles. The molecule has 1 aliphatic carbocycles. The summed E-state index contributed by atoms with van der Waals surface area (Å²) < 4.78 is 0. The van der Waals surface area contributed by atoms with Crippen LogP contribution in [0.4, 0.5) is 0 Å². The molecule has 21 heavy (non-hydrogen) atoms. The first-order chi connectivity index (χ1) is 10.2. The molecule has 0 atom stereocenters. The average Bonchev–Trinajstić information content (AvgIpc) is 3.17. The Morgan fingerprint density at radius 1 is 1.14 bits per heavy atom. The van der Waals surface area contributed by atoms with Gasteiger partial charge in [-0.1, -0.05) is 18.9 Å². The summed E-state index contributed by atoms with van der Waals surface area (Å²) in [6, 6.07) is 3.87. The van der Waals surface area contributed by atoms with E-state index in [-0.39, 0.29) is 5.91 Å². The van der Waals surface area contributed by atoms with Gasteiger partial charge in [-0.2, -0.15) is 0 Å². The normalized spacial score (nSPS) is 21.2. The fourth-order valence-corrected chi connectivity index (χ4v) is 4.20. The van der Waals surface area contributed by atoms with Crippen LogP contribution in [-0.4, -0.2) is 29.7 Å². The molecule has 0 bridgehead atoms. The Morgan fingerprint density at radius 3 is 2.48 bits per heavy atom. The number of hydrogen-bond acceptors (Lipinski definition) is 3. The van der Waals surface area contributed by atoms with E-state index < -0.39 is 5.78 Å². The average molecular weight is 303 g/mol. The molecule has 2 fully saturated rings. The highest BCUT2D eigenvalue weighted by molar-refractivity contribution is 7.10. The van der Waals surface area contributed by atoms with Crippen LogP contribution in [0.1, 0.15) is 43.4 Å². The second-order valence-corrected chi connectivity index (χ2v) is 7.19. The molecule has 1 saturated carbocycles. The highest BCUT2D eigenvalue weighted by Gasteiger charge is 2.38. The zero-order valence-corrected chi connectivity index (χ0v) is 13.0. The van der Waals surface area contributed by atoms with Gasteiger partial charge in [-0.3, -0.25) is 9.59 Å². The minimum atomic E-state index is -0.397. The molecule has 2 aliphatic rings. The molecule has 1 aliphatic heterocycles. The van der Waals surface area contributed by atoms with E-state index in [1.807, 2.05) is 17.5 Å². The van der Waals surface area contributed by atoms with Crippen LogP contribution in [0.3, 0.4) is 0 Å². The maximum atomic E-state index is 12.2. The Hall–Kier alpha value is -1.42. The van der Waals surface area contributed by atoms with Crippen LogP contribution in [-0.2, 0) is 9.59 Å². The number of amides is 1. The lowest BCUT2D eigenvalue weighted by atomic mass is 9.77. The molecule has 0 aromatic carbocycles. The quantitative estimate of drug-likeness (QED) is 0.633. The van der Waals surface area contributed by atoms with Crippen molar-refractivity contribution in [2.45, 2.75) is 38.5 Å². The van der Waals surface area contributed by atoms with Gasteiger partial charge in [0.25, 0.3) is 5.91 Å². The summed E-state index contributed by atoms with van der Waals surface area (Å²) in [5.41, 5.74) is 0.479. The molecule has 0 radical (unpaired) electrons. The number of likely N-dealkylation sites (tertiary alicyclic amines) is 1. The first-order valence-electron chi connectivity index (χ1n) is 7.73. The number of ketones is 1. The van der Waals surface area contributed by atoms with Crippen molar-refractivity contribution in [2.75, 3.05) is 13.1 Å². The SMILES string of the molecule is O=C(/C=C/c1cccs1)C(=O)N1CCC2(CCCC2)CC1. The van der Waals surface area contributed by atoms with E-state index in [0.29, 0.717) is 5.41 Å². The van der Waals surface area contributed by atoms with Crippen molar-refractivity contribution in [1.29, 1.82) is 0 Å². The summed E-state index contributed by atoms with van der Waals surface area (Å²) in [5, 5.41) is 1.96. The minimum absolute atomic E-state index is 0.337. The van der Waals surface area contributed by atoms with Crippen LogP contribution in [0.15, 0.2) is 23.6 Å². The maximum absolute atomic E-state index is 12.2. The van der Waals surface area contributed by atoms with Crippen molar-refractivity contribution in [2.24, 2.45) is 5.41 Å². The van der Waals surface area contributed by atoms with Crippen molar-refractivity contribution >= 4 is 29.1 Å². The predicted molar refractivity (Wildman–Crippen MR) is 85.1 cm³/mol. The number of carbonyl (C=O) groups excluding carboxylic acids is 2. The van der Waals surface area contributed by atoms with Gasteiger partial charge in [-0.05, 0) is 54.7 Å². The zero-order valence-electron chi connectivity index (χ0n) is 12.2. The molecule has 0 unspecified atom stereocenters. The Morgan fingerprint density at radius 2 is 1.86 bits per heavy atom. The van der Waals surface area contributed by atoms with Crippen LogP contribution in [0, 0.1) is 5.41 Å². The van der Waals surface area contributed by atoms with E-state index in [4.69, 9.17) is 0 Å². The van der Waals surface area contributed by atoms with Crippen LogP contribution in [0.2, 0.25) is 0 Å². The fraction of sp³-hybridized carbons (Fsp3) is 0.529. The largest absolute Gasteiger partial charge is 0.336 e. The lowest BCUT2D eigenvalue weighted by Gasteiger charge is -2.39. The first kappa shape index (κ1) is 14.5. The lowest BCUT2D eigenvalue weighted by molar-refractivity contribution is -0.143. The van der Waals surface area contributed by atoms with Crippen molar-refractivity contribution in [3.05, 3.63) is 28.5 Å². The highest BCUT2D eigenvalue weighted by Crippen LogP contribution is 2.46. The Bertz CT molecular complexity index is 531. The monoisotopic (exact) mass is 303 g/mol. The summed E-state index contributed by atoms with van der Waals surface area (Å²) in [4.78, 5) is 26.9. The van der Waals surface area contributed by atoms with E-state index in [9.17, 15) is 9.59 Å². The summed E-state index contributed by atoms with van der Waals surface area (Å²) >= 11 is 1.56. The highest BCUT2D eigenvalue weighted by atomic mass is 32.1. The van der Waals surface area contributed by atoms with Crippen LogP contribution in [0.5, 0.6) is 0 Å². The zero-order chi connectivity index (χ0) is 14.7. The fourth-order valence-electron chi connectivity index (χ4n) is 3.58. The Balaban J connectivity index is 1.55. The van der Waals surface area contributed by atoms with E-state index in [1.165, 1.54) is 31.8 Å². The van der Waals surface area contributed by atoms with Gasteiger partial charge in [0.2, 0.25) is 5.78 Å². The van der Waals surface area contributed by atoms with Crippen LogP contribution >= 0.6 is 11.3 Å². The van der Waals surface area contributed by atoms with Gasteiger partial charge >= 0.3 is 0 Å². The molecular weight excluding hydrogens is 282 g/mol. The second-order valence-electron chi connectivity index (χ2n) is 6.21. The van der Waals surface area contributed by atoms with Crippen molar-refractivity contribution in [3.8, 4) is 0 Å². The summed E-state index contributed by atoms with van der Waals surface area (Å²) in [6.45, 7) is 1.49. The first-order valence-corrected chi connectivity index (χ1v) is 8.61. The minimum Gasteiger partial charge on any atom is -0.336 e. The third-order valence-electron chi connectivity index (χ3n) is 4.93. The number of hydrogen-bond donors (Lipinski definition) is 0. The topological polar surface area (TPSA) is 37.4 Å². The van der Waals surface area contributed by atoms with E-state index in [2.05, 4.69) is 0 Å². The third-order valence-corrected chi connectivity index (χ3v) is 5.77. The Labute approximate surface area is 129 Å². The van der Waals surface area contributed by atoms with Crippen molar-refractivity contribution in [1.82, 2.24) is 4.90 Å². The molecule has 112 valence electrons. The van der Waals surface area contributed by atoms with Gasteiger partial charge in [0.15, 0.2) is 0 Å². The number of carbonyl (C=O) groups is 2. The van der Waals surface area contributed by atoms with Crippen molar-refractivity contribution in [3.63, 3.8) is 0 Å².